The highest BCUT2D eigenvalue weighted by atomic mass is 16.5. The Morgan fingerprint density at radius 3 is 3.00 bits per heavy atom. The van der Waals surface area contributed by atoms with Gasteiger partial charge in [-0.05, 0) is 36.8 Å². The van der Waals surface area contributed by atoms with E-state index in [0.717, 1.165) is 19.1 Å². The summed E-state index contributed by atoms with van der Waals surface area (Å²) in [5, 5.41) is 3.47. The maximum atomic E-state index is 10.3. The standard InChI is InChI=1S/C17H25NO2/c1-2-3-8-14-13-17(20-12-7-6-11-19)18-16-10-5-4-9-15(14)16/h4-5,9-11,14,17-18H,2-3,6-8,12-13H2,1H3. The molecule has 2 atom stereocenters. The molecule has 0 saturated carbocycles. The van der Waals surface area contributed by atoms with Crippen LogP contribution < -0.4 is 5.32 Å². The Bertz CT molecular complexity index is 419. The zero-order valence-corrected chi connectivity index (χ0v) is 12.3. The first-order valence-electron chi connectivity index (χ1n) is 7.75. The number of nitrogens with one attached hydrogen (secondary N) is 1. The Morgan fingerprint density at radius 2 is 2.20 bits per heavy atom. The molecule has 0 bridgehead atoms. The Balaban J connectivity index is 1.96. The number of carbonyl (C=O) groups excluding carboxylic acids is 1. The van der Waals surface area contributed by atoms with E-state index in [-0.39, 0.29) is 6.23 Å². The molecule has 0 amide bonds. The molecule has 110 valence electrons. The van der Waals surface area contributed by atoms with Crippen LogP contribution in [0.1, 0.15) is 56.9 Å². The molecule has 2 unspecified atom stereocenters. The second kappa shape index (κ2) is 8.05. The molecule has 0 radical (unpaired) electrons. The summed E-state index contributed by atoms with van der Waals surface area (Å²) in [6.45, 7) is 2.89. The van der Waals surface area contributed by atoms with E-state index in [1.807, 2.05) is 0 Å². The maximum absolute atomic E-state index is 10.3. The predicted molar refractivity (Wildman–Crippen MR) is 82.0 cm³/mol. The number of unbranched alkanes of at least 4 members (excludes halogenated alkanes) is 2. The van der Waals surface area contributed by atoms with Crippen LogP contribution in [0.5, 0.6) is 0 Å². The van der Waals surface area contributed by atoms with E-state index in [2.05, 4.69) is 36.5 Å². The lowest BCUT2D eigenvalue weighted by atomic mass is 9.86. The maximum Gasteiger partial charge on any atom is 0.128 e. The summed E-state index contributed by atoms with van der Waals surface area (Å²) in [4.78, 5) is 10.3. The Hall–Kier alpha value is -1.35. The lowest BCUT2D eigenvalue weighted by molar-refractivity contribution is -0.108. The average Bonchev–Trinajstić information content (AvgIpc) is 2.49. The Labute approximate surface area is 121 Å². The van der Waals surface area contributed by atoms with Gasteiger partial charge in [-0.1, -0.05) is 38.0 Å². The molecule has 3 heteroatoms. The summed E-state index contributed by atoms with van der Waals surface area (Å²) in [7, 11) is 0. The lowest BCUT2D eigenvalue weighted by Gasteiger charge is -2.33. The number of hydrogen-bond donors (Lipinski definition) is 1. The molecule has 1 aromatic rings. The highest BCUT2D eigenvalue weighted by Crippen LogP contribution is 2.37. The van der Waals surface area contributed by atoms with E-state index in [9.17, 15) is 4.79 Å². The van der Waals surface area contributed by atoms with E-state index < -0.39 is 0 Å². The van der Waals surface area contributed by atoms with E-state index in [4.69, 9.17) is 4.74 Å². The number of carbonyl (C=O) groups is 1. The van der Waals surface area contributed by atoms with Gasteiger partial charge in [-0.2, -0.15) is 0 Å². The lowest BCUT2D eigenvalue weighted by Crippen LogP contribution is -2.31. The van der Waals surface area contributed by atoms with Gasteiger partial charge in [0.25, 0.3) is 0 Å². The van der Waals surface area contributed by atoms with Crippen molar-refractivity contribution in [2.75, 3.05) is 11.9 Å². The van der Waals surface area contributed by atoms with Crippen molar-refractivity contribution in [1.29, 1.82) is 0 Å². The number of rotatable bonds is 8. The van der Waals surface area contributed by atoms with Crippen LogP contribution in [0, 0.1) is 0 Å². The van der Waals surface area contributed by atoms with Gasteiger partial charge in [0.05, 0.1) is 0 Å². The van der Waals surface area contributed by atoms with Gasteiger partial charge in [-0.25, -0.2) is 0 Å². The fourth-order valence-electron chi connectivity index (χ4n) is 2.83. The van der Waals surface area contributed by atoms with Crippen molar-refractivity contribution >= 4 is 12.0 Å². The van der Waals surface area contributed by atoms with Gasteiger partial charge in [0, 0.05) is 18.7 Å². The van der Waals surface area contributed by atoms with Crippen LogP contribution in [-0.4, -0.2) is 19.1 Å². The third-order valence-electron chi connectivity index (χ3n) is 3.91. The van der Waals surface area contributed by atoms with Gasteiger partial charge >= 0.3 is 0 Å². The number of fused-ring (bicyclic) bond motifs is 1. The molecule has 0 saturated heterocycles. The molecule has 1 aromatic carbocycles. The minimum absolute atomic E-state index is 0.0819. The third-order valence-corrected chi connectivity index (χ3v) is 3.91. The molecule has 3 nitrogen and oxygen atoms in total. The molecule has 0 fully saturated rings. The summed E-state index contributed by atoms with van der Waals surface area (Å²) in [6.07, 6.45) is 7.18. The molecule has 0 aliphatic carbocycles. The van der Waals surface area contributed by atoms with E-state index in [1.165, 1.54) is 30.5 Å². The van der Waals surface area contributed by atoms with Crippen molar-refractivity contribution in [3.8, 4) is 0 Å². The number of benzene rings is 1. The van der Waals surface area contributed by atoms with Crippen molar-refractivity contribution in [3.05, 3.63) is 29.8 Å². The van der Waals surface area contributed by atoms with Gasteiger partial charge in [-0.3, -0.25) is 0 Å². The fraction of sp³-hybridized carbons (Fsp3) is 0.588. The highest BCUT2D eigenvalue weighted by Gasteiger charge is 2.25. The van der Waals surface area contributed by atoms with Crippen LogP contribution in [0.3, 0.4) is 0 Å². The van der Waals surface area contributed by atoms with Crippen molar-refractivity contribution in [2.45, 2.75) is 57.6 Å². The summed E-state index contributed by atoms with van der Waals surface area (Å²) >= 11 is 0. The predicted octanol–water partition coefficient (Wildman–Crippen LogP) is 4.10. The Kier molecular flexibility index (Phi) is 6.06. The van der Waals surface area contributed by atoms with Gasteiger partial charge in [0.1, 0.15) is 12.5 Å². The zero-order chi connectivity index (χ0) is 14.2. The minimum atomic E-state index is 0.0819. The number of hydrogen-bond acceptors (Lipinski definition) is 3. The first kappa shape index (κ1) is 15.0. The van der Waals surface area contributed by atoms with Crippen molar-refractivity contribution < 1.29 is 9.53 Å². The number of aldehydes is 1. The smallest absolute Gasteiger partial charge is 0.128 e. The second-order valence-electron chi connectivity index (χ2n) is 5.47. The van der Waals surface area contributed by atoms with Gasteiger partial charge in [-0.15, -0.1) is 0 Å². The molecule has 1 N–H and O–H groups in total. The van der Waals surface area contributed by atoms with Crippen LogP contribution in [0.2, 0.25) is 0 Å². The molecular formula is C17H25NO2. The summed E-state index contributed by atoms with van der Waals surface area (Å²) in [5.41, 5.74) is 2.63. The molecule has 0 aromatic heterocycles. The molecule has 2 rings (SSSR count). The second-order valence-corrected chi connectivity index (χ2v) is 5.47. The highest BCUT2D eigenvalue weighted by molar-refractivity contribution is 5.55. The number of anilines is 1. The first-order chi connectivity index (χ1) is 9.85. The number of para-hydroxylation sites is 1. The van der Waals surface area contributed by atoms with Crippen LogP contribution in [-0.2, 0) is 9.53 Å². The quantitative estimate of drug-likeness (QED) is 0.573. The molecule has 1 aliphatic heterocycles. The van der Waals surface area contributed by atoms with Gasteiger partial charge in [0.2, 0.25) is 0 Å². The third kappa shape index (κ3) is 4.07. The van der Waals surface area contributed by atoms with Crippen molar-refractivity contribution in [2.24, 2.45) is 0 Å². The summed E-state index contributed by atoms with van der Waals surface area (Å²) in [5.74, 6) is 0.587. The molecule has 0 spiro atoms. The van der Waals surface area contributed by atoms with Crippen LogP contribution in [0.25, 0.3) is 0 Å². The molecular weight excluding hydrogens is 250 g/mol. The Morgan fingerprint density at radius 1 is 1.35 bits per heavy atom. The zero-order valence-electron chi connectivity index (χ0n) is 12.3. The minimum Gasteiger partial charge on any atom is -0.360 e. The summed E-state index contributed by atoms with van der Waals surface area (Å²) in [6, 6.07) is 8.54. The molecule has 1 aliphatic rings. The van der Waals surface area contributed by atoms with E-state index in [0.29, 0.717) is 18.9 Å². The first-order valence-corrected chi connectivity index (χ1v) is 7.75. The SMILES string of the molecule is CCCCC1CC(OCCCC=O)Nc2ccccc21. The normalized spacial score (nSPS) is 21.1. The monoisotopic (exact) mass is 275 g/mol. The molecule has 20 heavy (non-hydrogen) atoms. The summed E-state index contributed by atoms with van der Waals surface area (Å²) < 4.78 is 5.88. The molecule has 1 heterocycles. The van der Waals surface area contributed by atoms with Crippen molar-refractivity contribution in [3.63, 3.8) is 0 Å². The number of ether oxygens (including phenoxy) is 1. The largest absolute Gasteiger partial charge is 0.360 e. The van der Waals surface area contributed by atoms with Crippen molar-refractivity contribution in [1.82, 2.24) is 0 Å². The van der Waals surface area contributed by atoms with Crippen LogP contribution in [0.4, 0.5) is 5.69 Å². The average molecular weight is 275 g/mol. The van der Waals surface area contributed by atoms with E-state index >= 15 is 0 Å². The van der Waals surface area contributed by atoms with Gasteiger partial charge < -0.3 is 14.8 Å². The van der Waals surface area contributed by atoms with E-state index in [1.54, 1.807) is 0 Å². The fourth-order valence-corrected chi connectivity index (χ4v) is 2.83. The van der Waals surface area contributed by atoms with Crippen LogP contribution >= 0.6 is 0 Å². The topological polar surface area (TPSA) is 38.3 Å². The van der Waals surface area contributed by atoms with Crippen LogP contribution in [0.15, 0.2) is 24.3 Å². The van der Waals surface area contributed by atoms with Gasteiger partial charge in [0.15, 0.2) is 0 Å².